The van der Waals surface area contributed by atoms with Crippen LogP contribution in [0.15, 0.2) is 0 Å². The first-order valence-electron chi connectivity index (χ1n) is 5.59. The van der Waals surface area contributed by atoms with Crippen LogP contribution in [0.2, 0.25) is 12.6 Å². The number of hydrogen-bond acceptors (Lipinski definition) is 3. The lowest BCUT2D eigenvalue weighted by atomic mass is 10.3. The quantitative estimate of drug-likeness (QED) is 0.201. The zero-order valence-electron chi connectivity index (χ0n) is 10.9. The van der Waals surface area contributed by atoms with E-state index in [1.54, 1.807) is 6.55 Å². The highest BCUT2D eigenvalue weighted by molar-refractivity contribution is 7.44. The van der Waals surface area contributed by atoms with Gasteiger partial charge in [-0.3, -0.25) is 0 Å². The van der Waals surface area contributed by atoms with Gasteiger partial charge in [0.25, 0.3) is 0 Å². The second-order valence-corrected chi connectivity index (χ2v) is 13.0. The Bertz CT molecular complexity index is 357. The molecule has 0 aliphatic carbocycles. The van der Waals surface area contributed by atoms with Gasteiger partial charge in [-0.2, -0.15) is 26.3 Å². The highest BCUT2D eigenvalue weighted by Gasteiger charge is 2.58. The van der Waals surface area contributed by atoms with E-state index < -0.39 is 43.3 Å². The molecule has 0 bridgehead atoms. The average Bonchev–Trinajstić information content (AvgIpc) is 2.21. The maximum Gasteiger partial charge on any atom is 0.423 e. The number of alkyl halides is 7. The summed E-state index contributed by atoms with van der Waals surface area (Å²) in [6.07, 6.45) is -15.5. The zero-order chi connectivity index (χ0) is 17.8. The zero-order valence-corrected chi connectivity index (χ0v) is 14.2. The van der Waals surface area contributed by atoms with E-state index in [4.69, 9.17) is 33.8 Å². The Kier molecular flexibility index (Phi) is 8.31. The van der Waals surface area contributed by atoms with Crippen LogP contribution in [-0.2, 0) is 14.3 Å². The van der Waals surface area contributed by atoms with E-state index in [1.807, 2.05) is 0 Å². The lowest BCUT2D eigenvalue weighted by Crippen LogP contribution is -2.45. The van der Waals surface area contributed by atoms with Gasteiger partial charge < -0.3 is 9.47 Å². The van der Waals surface area contributed by atoms with Crippen LogP contribution in [0.4, 0.5) is 26.3 Å². The molecule has 0 N–H and O–H groups in total. The normalized spacial score (nSPS) is 15.0. The van der Waals surface area contributed by atoms with Gasteiger partial charge in [0.1, 0.15) is 6.61 Å². The Morgan fingerprint density at radius 1 is 1.14 bits per heavy atom. The summed E-state index contributed by atoms with van der Waals surface area (Å²) in [6, 6.07) is 0.214. The van der Waals surface area contributed by atoms with Gasteiger partial charge >= 0.3 is 18.3 Å². The first-order valence-corrected chi connectivity index (χ1v) is 10.8. The Morgan fingerprint density at radius 2 is 1.59 bits per heavy atom. The fraction of sp³-hybridized carbons (Fsp3) is 0.889. The molecule has 0 heterocycles. The van der Waals surface area contributed by atoms with E-state index >= 15 is 0 Å². The molecular formula is C9H11Cl3F6O3Si. The fourth-order valence-electron chi connectivity index (χ4n) is 1.13. The first-order chi connectivity index (χ1) is 9.63. The summed E-state index contributed by atoms with van der Waals surface area (Å²) in [5.41, 5.74) is -1.28. The fourth-order valence-corrected chi connectivity index (χ4v) is 2.94. The molecule has 0 aromatic heterocycles. The molecule has 0 saturated heterocycles. The van der Waals surface area contributed by atoms with Gasteiger partial charge in [0.2, 0.25) is 12.8 Å². The summed E-state index contributed by atoms with van der Waals surface area (Å²) in [4.78, 5) is 11.1. The molecule has 0 aliphatic rings. The van der Waals surface area contributed by atoms with Crippen molar-refractivity contribution in [3.63, 3.8) is 0 Å². The highest BCUT2D eigenvalue weighted by atomic mass is 35.7. The van der Waals surface area contributed by atoms with Gasteiger partial charge in [-0.25, -0.2) is 4.79 Å². The summed E-state index contributed by atoms with van der Waals surface area (Å²) in [5.74, 6) is -1.47. The molecule has 13 heteroatoms. The molecule has 0 saturated carbocycles. The van der Waals surface area contributed by atoms with Gasteiger partial charge in [-0.05, 0) is 19.0 Å². The minimum atomic E-state index is -5.70. The van der Waals surface area contributed by atoms with Crippen LogP contribution in [0.1, 0.15) is 6.42 Å². The number of hydrogen-bond donors (Lipinski definition) is 0. The number of esters is 1. The first kappa shape index (κ1) is 22.1. The second kappa shape index (κ2) is 8.27. The predicted octanol–water partition coefficient (Wildman–Crippen LogP) is 4.54. The maximum atomic E-state index is 12.1. The number of ether oxygens (including phenoxy) is 2. The molecule has 22 heavy (non-hydrogen) atoms. The van der Waals surface area contributed by atoms with Crippen LogP contribution in [0, 0.1) is 0 Å². The van der Waals surface area contributed by atoms with E-state index in [-0.39, 0.29) is 12.5 Å². The lowest BCUT2D eigenvalue weighted by molar-refractivity contribution is -0.320. The van der Waals surface area contributed by atoms with Crippen LogP contribution in [0.3, 0.4) is 0 Å². The summed E-state index contributed by atoms with van der Waals surface area (Å²) < 4.78 is 80.7. The predicted molar refractivity (Wildman–Crippen MR) is 70.3 cm³/mol. The molecule has 3 nitrogen and oxygen atoms in total. The maximum absolute atomic E-state index is 12.1. The molecule has 1 unspecified atom stereocenters. The summed E-state index contributed by atoms with van der Waals surface area (Å²) in [7, 11) is 0. The molecule has 0 aliphatic heterocycles. The number of rotatable bonds is 7. The molecule has 0 fully saturated rings. The van der Waals surface area contributed by atoms with E-state index in [2.05, 4.69) is 9.47 Å². The summed E-state index contributed by atoms with van der Waals surface area (Å²) >= 11 is 17.0. The Balaban J connectivity index is 4.37. The topological polar surface area (TPSA) is 35.5 Å². The van der Waals surface area contributed by atoms with Crippen LogP contribution >= 0.6 is 33.8 Å². The minimum Gasteiger partial charge on any atom is -0.444 e. The molecule has 1 atom stereocenters. The Labute approximate surface area is 137 Å². The molecule has 0 rings (SSSR count). The SMILES string of the molecule is C[Si](Cl)(Cl)CCC(Cl)OC(=O)COC(C(F)(F)F)C(F)(F)F. The monoisotopic (exact) mass is 414 g/mol. The summed E-state index contributed by atoms with van der Waals surface area (Å²) in [5, 5.41) is 0. The number of halogens is 9. The van der Waals surface area contributed by atoms with Crippen molar-refractivity contribution in [1.29, 1.82) is 0 Å². The molecule has 0 aromatic carbocycles. The van der Waals surface area contributed by atoms with Crippen molar-refractivity contribution >= 4 is 46.4 Å². The second-order valence-electron chi connectivity index (χ2n) is 4.28. The van der Waals surface area contributed by atoms with Gasteiger partial charge in [-0.15, -0.1) is 22.2 Å². The largest absolute Gasteiger partial charge is 0.444 e. The molecule has 132 valence electrons. The van der Waals surface area contributed by atoms with Gasteiger partial charge in [0.05, 0.1) is 0 Å². The van der Waals surface area contributed by atoms with E-state index in [0.29, 0.717) is 0 Å². The number of carbonyl (C=O) groups is 1. The third kappa shape index (κ3) is 9.98. The van der Waals surface area contributed by atoms with Crippen molar-refractivity contribution in [2.24, 2.45) is 0 Å². The molecule has 0 radical (unpaired) electrons. The van der Waals surface area contributed by atoms with E-state index in [1.165, 1.54) is 0 Å². The number of carbonyl (C=O) groups excluding carboxylic acids is 1. The smallest absolute Gasteiger partial charge is 0.423 e. The average molecular weight is 416 g/mol. The molecule has 0 amide bonds. The van der Waals surface area contributed by atoms with Crippen LogP contribution in [0.5, 0.6) is 0 Å². The van der Waals surface area contributed by atoms with Crippen LogP contribution in [0.25, 0.3) is 0 Å². The summed E-state index contributed by atoms with van der Waals surface area (Å²) in [6.45, 7) is -2.51. The molecule has 0 aromatic rings. The van der Waals surface area contributed by atoms with Crippen LogP contribution in [-0.4, -0.2) is 43.3 Å². The van der Waals surface area contributed by atoms with Crippen molar-refractivity contribution in [3.8, 4) is 0 Å². The van der Waals surface area contributed by atoms with Gasteiger partial charge in [0.15, 0.2) is 5.56 Å². The van der Waals surface area contributed by atoms with Gasteiger partial charge in [-0.1, -0.05) is 11.6 Å². The van der Waals surface area contributed by atoms with E-state index in [9.17, 15) is 31.1 Å². The van der Waals surface area contributed by atoms with Crippen LogP contribution < -0.4 is 0 Å². The van der Waals surface area contributed by atoms with Crippen molar-refractivity contribution in [2.45, 2.75) is 43.0 Å². The Morgan fingerprint density at radius 3 is 1.95 bits per heavy atom. The minimum absolute atomic E-state index is 0.00495. The Hall–Kier alpha value is 0.0969. The van der Waals surface area contributed by atoms with E-state index in [0.717, 1.165) is 0 Å². The third-order valence-corrected chi connectivity index (χ3v) is 4.64. The molecule has 0 spiro atoms. The lowest BCUT2D eigenvalue weighted by Gasteiger charge is -2.23. The van der Waals surface area contributed by atoms with Crippen molar-refractivity contribution < 1.29 is 40.6 Å². The highest BCUT2D eigenvalue weighted by Crippen LogP contribution is 2.35. The van der Waals surface area contributed by atoms with Crippen molar-refractivity contribution in [3.05, 3.63) is 0 Å². The van der Waals surface area contributed by atoms with Crippen molar-refractivity contribution in [1.82, 2.24) is 0 Å². The molecular weight excluding hydrogens is 405 g/mol. The third-order valence-electron chi connectivity index (χ3n) is 2.03. The van der Waals surface area contributed by atoms with Gasteiger partial charge in [0, 0.05) is 0 Å². The standard InChI is InChI=1S/C9H11Cl3F6O3Si/c1-22(11,12)3-2-5(10)21-6(19)4-20-7(8(13,14)15)9(16,17)18/h5,7H,2-4H2,1H3. The van der Waals surface area contributed by atoms with Crippen molar-refractivity contribution in [2.75, 3.05) is 6.61 Å².